The van der Waals surface area contributed by atoms with E-state index in [9.17, 15) is 0 Å². The van der Waals surface area contributed by atoms with Crippen LogP contribution in [0.3, 0.4) is 0 Å². The maximum Gasteiger partial charge on any atom is 0.243 e. The molecule has 0 spiro atoms. The maximum absolute atomic E-state index is 4.27. The van der Waals surface area contributed by atoms with Gasteiger partial charge in [0.15, 0.2) is 0 Å². The van der Waals surface area contributed by atoms with Crippen LogP contribution in [0.25, 0.3) is 0 Å². The van der Waals surface area contributed by atoms with Gasteiger partial charge in [-0.15, -0.1) is 0 Å². The second-order valence-corrected chi connectivity index (χ2v) is 4.56. The molecule has 0 amide bonds. The highest BCUT2D eigenvalue weighted by Crippen LogP contribution is 2.12. The standard InChI is InChI=1S/C15H18N4/c1-11(14-7-5-4-6-8-14)10-16-19-15-17-12(2)9-13(3)18-15/h4-11H,1-3H3,(H,17,18,19)/b16-10-/t11-/m1/s1. The van der Waals surface area contributed by atoms with Crippen LogP contribution < -0.4 is 5.43 Å². The molecule has 0 bridgehead atoms. The molecule has 0 aliphatic carbocycles. The first kappa shape index (κ1) is 13.2. The zero-order chi connectivity index (χ0) is 13.7. The lowest BCUT2D eigenvalue weighted by Crippen LogP contribution is -2.01. The number of benzene rings is 1. The van der Waals surface area contributed by atoms with Crippen LogP contribution in [0.15, 0.2) is 41.5 Å². The molecule has 1 aromatic carbocycles. The van der Waals surface area contributed by atoms with E-state index in [2.05, 4.69) is 39.6 Å². The molecule has 1 aromatic heterocycles. The Morgan fingerprint density at radius 2 is 1.74 bits per heavy atom. The van der Waals surface area contributed by atoms with Gasteiger partial charge in [-0.2, -0.15) is 5.10 Å². The summed E-state index contributed by atoms with van der Waals surface area (Å²) in [4.78, 5) is 8.54. The first-order chi connectivity index (χ1) is 9.15. The Morgan fingerprint density at radius 1 is 1.11 bits per heavy atom. The fraction of sp³-hybridized carbons (Fsp3) is 0.267. The number of anilines is 1. The molecule has 98 valence electrons. The number of nitrogens with zero attached hydrogens (tertiary/aromatic N) is 3. The number of aromatic nitrogens is 2. The molecule has 2 rings (SSSR count). The first-order valence-electron chi connectivity index (χ1n) is 6.31. The molecule has 0 radical (unpaired) electrons. The molecule has 0 saturated heterocycles. The Balaban J connectivity index is 2.00. The lowest BCUT2D eigenvalue weighted by molar-refractivity contribution is 1.01. The van der Waals surface area contributed by atoms with E-state index in [4.69, 9.17) is 0 Å². The number of hydrazone groups is 1. The van der Waals surface area contributed by atoms with Crippen molar-refractivity contribution in [2.75, 3.05) is 5.43 Å². The van der Waals surface area contributed by atoms with Crippen LogP contribution in [0.5, 0.6) is 0 Å². The van der Waals surface area contributed by atoms with E-state index in [1.807, 2.05) is 44.3 Å². The third-order valence-electron chi connectivity index (χ3n) is 2.77. The van der Waals surface area contributed by atoms with Crippen molar-refractivity contribution in [2.24, 2.45) is 5.10 Å². The van der Waals surface area contributed by atoms with Crippen LogP contribution in [0.2, 0.25) is 0 Å². The second kappa shape index (κ2) is 6.09. The van der Waals surface area contributed by atoms with Crippen molar-refractivity contribution < 1.29 is 0 Å². The molecule has 0 aliphatic heterocycles. The van der Waals surface area contributed by atoms with Gasteiger partial charge in [0.25, 0.3) is 0 Å². The molecular weight excluding hydrogens is 236 g/mol. The third kappa shape index (κ3) is 3.88. The summed E-state index contributed by atoms with van der Waals surface area (Å²) in [5.74, 6) is 0.786. The van der Waals surface area contributed by atoms with Gasteiger partial charge in [-0.3, -0.25) is 0 Å². The first-order valence-corrected chi connectivity index (χ1v) is 6.31. The highest BCUT2D eigenvalue weighted by molar-refractivity contribution is 5.67. The minimum Gasteiger partial charge on any atom is -0.245 e. The van der Waals surface area contributed by atoms with Crippen LogP contribution in [0.4, 0.5) is 5.95 Å². The topological polar surface area (TPSA) is 50.2 Å². The third-order valence-corrected chi connectivity index (χ3v) is 2.77. The molecule has 4 nitrogen and oxygen atoms in total. The Morgan fingerprint density at radius 3 is 2.37 bits per heavy atom. The van der Waals surface area contributed by atoms with Crippen molar-refractivity contribution in [1.29, 1.82) is 0 Å². The smallest absolute Gasteiger partial charge is 0.243 e. The van der Waals surface area contributed by atoms with E-state index in [0.29, 0.717) is 5.95 Å². The Hall–Kier alpha value is -2.23. The monoisotopic (exact) mass is 254 g/mol. The zero-order valence-electron chi connectivity index (χ0n) is 11.5. The van der Waals surface area contributed by atoms with E-state index in [1.54, 1.807) is 0 Å². The van der Waals surface area contributed by atoms with Gasteiger partial charge >= 0.3 is 0 Å². The predicted molar refractivity (Wildman–Crippen MR) is 78.5 cm³/mol. The summed E-state index contributed by atoms with van der Waals surface area (Å²) in [7, 11) is 0. The molecule has 1 N–H and O–H groups in total. The van der Waals surface area contributed by atoms with Crippen molar-refractivity contribution in [2.45, 2.75) is 26.7 Å². The van der Waals surface area contributed by atoms with Gasteiger partial charge in [-0.1, -0.05) is 37.3 Å². The maximum atomic E-state index is 4.27. The highest BCUT2D eigenvalue weighted by Gasteiger charge is 2.01. The summed E-state index contributed by atoms with van der Waals surface area (Å²) in [6.07, 6.45) is 1.86. The lowest BCUT2D eigenvalue weighted by Gasteiger charge is -2.06. The largest absolute Gasteiger partial charge is 0.245 e. The quantitative estimate of drug-likeness (QED) is 0.672. The van der Waals surface area contributed by atoms with Crippen molar-refractivity contribution in [3.63, 3.8) is 0 Å². The Labute approximate surface area is 113 Å². The lowest BCUT2D eigenvalue weighted by atomic mass is 10.0. The van der Waals surface area contributed by atoms with E-state index in [1.165, 1.54) is 5.56 Å². The summed E-state index contributed by atoms with van der Waals surface area (Å²) < 4.78 is 0. The number of aryl methyl sites for hydroxylation is 2. The van der Waals surface area contributed by atoms with Crippen molar-refractivity contribution in [1.82, 2.24) is 9.97 Å². The molecule has 1 atom stereocenters. The number of hydrogen-bond acceptors (Lipinski definition) is 4. The van der Waals surface area contributed by atoms with Gasteiger partial charge < -0.3 is 0 Å². The predicted octanol–water partition coefficient (Wildman–Crippen LogP) is 3.29. The molecule has 19 heavy (non-hydrogen) atoms. The van der Waals surface area contributed by atoms with Gasteiger partial charge in [0, 0.05) is 23.5 Å². The number of rotatable bonds is 4. The molecule has 0 aliphatic rings. The fourth-order valence-electron chi connectivity index (χ4n) is 1.83. The zero-order valence-corrected chi connectivity index (χ0v) is 11.5. The van der Waals surface area contributed by atoms with Crippen LogP contribution in [-0.2, 0) is 0 Å². The highest BCUT2D eigenvalue weighted by atomic mass is 15.3. The van der Waals surface area contributed by atoms with Crippen molar-refractivity contribution in [3.8, 4) is 0 Å². The number of nitrogens with one attached hydrogen (secondary N) is 1. The van der Waals surface area contributed by atoms with Crippen LogP contribution in [0.1, 0.15) is 29.8 Å². The average molecular weight is 254 g/mol. The van der Waals surface area contributed by atoms with Gasteiger partial charge in [-0.25, -0.2) is 15.4 Å². The molecule has 2 aromatic rings. The number of hydrogen-bond donors (Lipinski definition) is 1. The molecule has 1 heterocycles. The normalized spacial score (nSPS) is 12.6. The van der Waals surface area contributed by atoms with Crippen LogP contribution >= 0.6 is 0 Å². The minimum atomic E-state index is 0.250. The molecule has 0 saturated carbocycles. The van der Waals surface area contributed by atoms with E-state index in [-0.39, 0.29) is 5.92 Å². The molecule has 4 heteroatoms. The fourth-order valence-corrected chi connectivity index (χ4v) is 1.83. The van der Waals surface area contributed by atoms with E-state index < -0.39 is 0 Å². The molecular formula is C15H18N4. The summed E-state index contributed by atoms with van der Waals surface area (Å²) in [5.41, 5.74) is 5.97. The minimum absolute atomic E-state index is 0.250. The van der Waals surface area contributed by atoms with Crippen molar-refractivity contribution in [3.05, 3.63) is 53.3 Å². The van der Waals surface area contributed by atoms with Crippen LogP contribution in [0, 0.1) is 13.8 Å². The van der Waals surface area contributed by atoms with E-state index in [0.717, 1.165) is 11.4 Å². The van der Waals surface area contributed by atoms with Gasteiger partial charge in [0.2, 0.25) is 5.95 Å². The van der Waals surface area contributed by atoms with Gasteiger partial charge in [0.05, 0.1) is 0 Å². The Kier molecular flexibility index (Phi) is 4.23. The van der Waals surface area contributed by atoms with E-state index >= 15 is 0 Å². The average Bonchev–Trinajstić information content (AvgIpc) is 2.38. The molecule has 0 unspecified atom stereocenters. The van der Waals surface area contributed by atoms with Gasteiger partial charge in [0.1, 0.15) is 0 Å². The summed E-state index contributed by atoms with van der Waals surface area (Å²) >= 11 is 0. The Bertz CT molecular complexity index is 543. The second-order valence-electron chi connectivity index (χ2n) is 4.56. The summed E-state index contributed by atoms with van der Waals surface area (Å²) in [5, 5.41) is 4.20. The summed E-state index contributed by atoms with van der Waals surface area (Å²) in [6, 6.07) is 12.2. The van der Waals surface area contributed by atoms with Crippen molar-refractivity contribution >= 4 is 12.2 Å². The molecule has 0 fully saturated rings. The van der Waals surface area contributed by atoms with Crippen LogP contribution in [-0.4, -0.2) is 16.2 Å². The summed E-state index contributed by atoms with van der Waals surface area (Å²) in [6.45, 7) is 5.98. The SMILES string of the molecule is Cc1cc(C)nc(N/N=C\[C@@H](C)c2ccccc2)n1. The van der Waals surface area contributed by atoms with Gasteiger partial charge in [-0.05, 0) is 25.5 Å².